The minimum Gasteiger partial charge on any atom is -0.481 e. The molecule has 0 aromatic heterocycles. The number of aryl methyl sites for hydroxylation is 1. The standard InChI is InChI=1S/C12H13NO3/c1-8-4-2-3-5-10(8)13-7-9(12(15)16)6-11(13)14/h2-5,9H,6-7H2,1H3,(H,15,16). The third kappa shape index (κ3) is 1.78. The van der Waals surface area contributed by atoms with Gasteiger partial charge < -0.3 is 10.0 Å². The Kier molecular flexibility index (Phi) is 2.64. The van der Waals surface area contributed by atoms with Gasteiger partial charge in [0.2, 0.25) is 5.91 Å². The summed E-state index contributed by atoms with van der Waals surface area (Å²) in [7, 11) is 0. The number of rotatable bonds is 2. The zero-order valence-corrected chi connectivity index (χ0v) is 9.01. The van der Waals surface area contributed by atoms with Crippen molar-refractivity contribution in [1.82, 2.24) is 0 Å². The van der Waals surface area contributed by atoms with Gasteiger partial charge in [0.15, 0.2) is 0 Å². The average molecular weight is 219 g/mol. The Morgan fingerprint density at radius 1 is 1.44 bits per heavy atom. The van der Waals surface area contributed by atoms with Crippen LogP contribution in [-0.4, -0.2) is 23.5 Å². The van der Waals surface area contributed by atoms with Gasteiger partial charge in [0, 0.05) is 18.7 Å². The van der Waals surface area contributed by atoms with E-state index in [1.54, 1.807) is 4.90 Å². The number of hydrogen-bond acceptors (Lipinski definition) is 2. The van der Waals surface area contributed by atoms with Gasteiger partial charge in [0.25, 0.3) is 0 Å². The molecule has 1 fully saturated rings. The molecule has 1 saturated heterocycles. The van der Waals surface area contributed by atoms with Crippen molar-refractivity contribution in [2.24, 2.45) is 5.92 Å². The number of para-hydroxylation sites is 1. The summed E-state index contributed by atoms with van der Waals surface area (Å²) >= 11 is 0. The van der Waals surface area contributed by atoms with Crippen molar-refractivity contribution in [3.63, 3.8) is 0 Å². The molecule has 0 saturated carbocycles. The maximum atomic E-state index is 11.7. The summed E-state index contributed by atoms with van der Waals surface area (Å²) in [6.07, 6.45) is 0.101. The predicted molar refractivity (Wildman–Crippen MR) is 59.3 cm³/mol. The van der Waals surface area contributed by atoms with Gasteiger partial charge in [-0.1, -0.05) is 18.2 Å². The van der Waals surface area contributed by atoms with Gasteiger partial charge in [-0.05, 0) is 18.6 Å². The van der Waals surface area contributed by atoms with Crippen molar-refractivity contribution in [3.8, 4) is 0 Å². The third-order valence-electron chi connectivity index (χ3n) is 2.88. The fourth-order valence-electron chi connectivity index (χ4n) is 1.97. The number of aliphatic carboxylic acids is 1. The third-order valence-corrected chi connectivity index (χ3v) is 2.88. The van der Waals surface area contributed by atoms with E-state index in [1.165, 1.54) is 0 Å². The molecular weight excluding hydrogens is 206 g/mol. The van der Waals surface area contributed by atoms with E-state index in [9.17, 15) is 9.59 Å². The Hall–Kier alpha value is -1.84. The molecule has 1 aromatic carbocycles. The number of carboxylic acid groups (broad SMARTS) is 1. The van der Waals surface area contributed by atoms with E-state index in [0.29, 0.717) is 0 Å². The summed E-state index contributed by atoms with van der Waals surface area (Å²) in [5.41, 5.74) is 1.80. The van der Waals surface area contributed by atoms with E-state index in [-0.39, 0.29) is 18.9 Å². The highest BCUT2D eigenvalue weighted by molar-refractivity contribution is 5.99. The van der Waals surface area contributed by atoms with Crippen molar-refractivity contribution in [2.45, 2.75) is 13.3 Å². The molecule has 0 spiro atoms. The van der Waals surface area contributed by atoms with Crippen molar-refractivity contribution >= 4 is 17.6 Å². The predicted octanol–water partition coefficient (Wildman–Crippen LogP) is 1.43. The summed E-state index contributed by atoms with van der Waals surface area (Å²) in [5.74, 6) is -1.58. The molecule has 1 heterocycles. The summed E-state index contributed by atoms with van der Waals surface area (Å²) in [5, 5.41) is 8.89. The number of benzene rings is 1. The molecule has 4 nitrogen and oxygen atoms in total. The molecule has 4 heteroatoms. The molecule has 1 atom stereocenters. The summed E-state index contributed by atoms with van der Waals surface area (Å²) in [6.45, 7) is 2.19. The first-order chi connectivity index (χ1) is 7.59. The SMILES string of the molecule is Cc1ccccc1N1CC(C(=O)O)CC1=O. The smallest absolute Gasteiger partial charge is 0.308 e. The highest BCUT2D eigenvalue weighted by Gasteiger charge is 2.35. The topological polar surface area (TPSA) is 57.6 Å². The summed E-state index contributed by atoms with van der Waals surface area (Å²) in [4.78, 5) is 24.1. The van der Waals surface area contributed by atoms with Gasteiger partial charge in [-0.2, -0.15) is 0 Å². The highest BCUT2D eigenvalue weighted by Crippen LogP contribution is 2.27. The second kappa shape index (κ2) is 3.96. The maximum Gasteiger partial charge on any atom is 0.308 e. The lowest BCUT2D eigenvalue weighted by molar-refractivity contribution is -0.141. The first-order valence-electron chi connectivity index (χ1n) is 5.18. The molecule has 1 unspecified atom stereocenters. The molecule has 0 aliphatic carbocycles. The molecule has 0 bridgehead atoms. The number of carbonyl (C=O) groups is 2. The van der Waals surface area contributed by atoms with Gasteiger partial charge in [-0.15, -0.1) is 0 Å². The largest absolute Gasteiger partial charge is 0.481 e. The van der Waals surface area contributed by atoms with Crippen LogP contribution in [0.4, 0.5) is 5.69 Å². The molecule has 1 amide bonds. The van der Waals surface area contributed by atoms with Crippen LogP contribution in [0, 0.1) is 12.8 Å². The van der Waals surface area contributed by atoms with Crippen LogP contribution in [0.5, 0.6) is 0 Å². The van der Waals surface area contributed by atoms with Crippen LogP contribution in [0.25, 0.3) is 0 Å². The number of anilines is 1. The quantitative estimate of drug-likeness (QED) is 0.818. The minimum atomic E-state index is -0.899. The van der Waals surface area contributed by atoms with Gasteiger partial charge in [-0.3, -0.25) is 9.59 Å². The molecule has 84 valence electrons. The molecule has 1 N–H and O–H groups in total. The lowest BCUT2D eigenvalue weighted by Gasteiger charge is -2.18. The lowest BCUT2D eigenvalue weighted by Crippen LogP contribution is -2.26. The second-order valence-corrected chi connectivity index (χ2v) is 4.03. The normalized spacial score (nSPS) is 20.2. The van der Waals surface area contributed by atoms with Crippen molar-refractivity contribution < 1.29 is 14.7 Å². The minimum absolute atomic E-state index is 0.101. The Bertz CT molecular complexity index is 442. The first kappa shape index (κ1) is 10.7. The number of nitrogens with zero attached hydrogens (tertiary/aromatic N) is 1. The van der Waals surface area contributed by atoms with Crippen LogP contribution in [0.1, 0.15) is 12.0 Å². The Balaban J connectivity index is 2.27. The zero-order chi connectivity index (χ0) is 11.7. The lowest BCUT2D eigenvalue weighted by atomic mass is 10.1. The van der Waals surface area contributed by atoms with E-state index in [0.717, 1.165) is 11.3 Å². The van der Waals surface area contributed by atoms with Crippen molar-refractivity contribution in [3.05, 3.63) is 29.8 Å². The van der Waals surface area contributed by atoms with Crippen LogP contribution in [0.15, 0.2) is 24.3 Å². The van der Waals surface area contributed by atoms with Crippen LogP contribution < -0.4 is 4.90 Å². The van der Waals surface area contributed by atoms with E-state index in [1.807, 2.05) is 31.2 Å². The molecule has 2 rings (SSSR count). The van der Waals surface area contributed by atoms with Crippen LogP contribution >= 0.6 is 0 Å². The van der Waals surface area contributed by atoms with Crippen molar-refractivity contribution in [1.29, 1.82) is 0 Å². The fourth-order valence-corrected chi connectivity index (χ4v) is 1.97. The number of carboxylic acids is 1. The molecular formula is C12H13NO3. The van der Waals surface area contributed by atoms with Gasteiger partial charge in [0.05, 0.1) is 5.92 Å². The van der Waals surface area contributed by atoms with Crippen LogP contribution in [0.2, 0.25) is 0 Å². The van der Waals surface area contributed by atoms with Crippen LogP contribution in [0.3, 0.4) is 0 Å². The molecule has 1 aromatic rings. The van der Waals surface area contributed by atoms with E-state index >= 15 is 0 Å². The average Bonchev–Trinajstić information content (AvgIpc) is 2.61. The molecule has 16 heavy (non-hydrogen) atoms. The Morgan fingerprint density at radius 3 is 2.69 bits per heavy atom. The highest BCUT2D eigenvalue weighted by atomic mass is 16.4. The van der Waals surface area contributed by atoms with Crippen molar-refractivity contribution in [2.75, 3.05) is 11.4 Å². The molecule has 1 aliphatic heterocycles. The second-order valence-electron chi connectivity index (χ2n) is 4.03. The van der Waals surface area contributed by atoms with Gasteiger partial charge >= 0.3 is 5.97 Å². The fraction of sp³-hybridized carbons (Fsp3) is 0.333. The van der Waals surface area contributed by atoms with E-state index < -0.39 is 11.9 Å². The number of hydrogen-bond donors (Lipinski definition) is 1. The van der Waals surface area contributed by atoms with E-state index in [4.69, 9.17) is 5.11 Å². The maximum absolute atomic E-state index is 11.7. The van der Waals surface area contributed by atoms with E-state index in [2.05, 4.69) is 0 Å². The molecule has 1 aliphatic rings. The van der Waals surface area contributed by atoms with Crippen LogP contribution in [-0.2, 0) is 9.59 Å². The zero-order valence-electron chi connectivity index (χ0n) is 9.01. The number of carbonyl (C=O) groups excluding carboxylic acids is 1. The summed E-state index contributed by atoms with van der Waals surface area (Å²) < 4.78 is 0. The Morgan fingerprint density at radius 2 is 2.12 bits per heavy atom. The van der Waals surface area contributed by atoms with Gasteiger partial charge in [-0.25, -0.2) is 0 Å². The van der Waals surface area contributed by atoms with Gasteiger partial charge in [0.1, 0.15) is 0 Å². The first-order valence-corrected chi connectivity index (χ1v) is 5.18. The summed E-state index contributed by atoms with van der Waals surface area (Å²) in [6, 6.07) is 7.51. The Labute approximate surface area is 93.5 Å². The monoisotopic (exact) mass is 219 g/mol. The number of amides is 1. The molecule has 0 radical (unpaired) electrons.